The molecule has 6 nitrogen and oxygen atoms in total. The number of carbonyl (C=O) groups is 2. The van der Waals surface area contributed by atoms with E-state index in [1.807, 2.05) is 0 Å². The van der Waals surface area contributed by atoms with Crippen LogP contribution in [0, 0.1) is 0 Å². The maximum atomic E-state index is 10.7. The molecule has 0 aliphatic rings. The summed E-state index contributed by atoms with van der Waals surface area (Å²) in [5.41, 5.74) is 0. The van der Waals surface area contributed by atoms with Gasteiger partial charge in [0.2, 0.25) is 0 Å². The first-order valence-corrected chi connectivity index (χ1v) is 3.86. The van der Waals surface area contributed by atoms with E-state index in [0.717, 1.165) is 0 Å². The van der Waals surface area contributed by atoms with Crippen molar-refractivity contribution < 1.29 is 19.1 Å². The zero-order valence-electron chi connectivity index (χ0n) is 8.10. The zero-order valence-corrected chi connectivity index (χ0v) is 8.10. The summed E-state index contributed by atoms with van der Waals surface area (Å²) in [5.74, 6) is 0. The normalized spacial score (nSPS) is 13.6. The van der Waals surface area contributed by atoms with Crippen LogP contribution in [0.5, 0.6) is 0 Å². The molecule has 0 N–H and O–H groups in total. The third-order valence-corrected chi connectivity index (χ3v) is 1.49. The molecule has 2 unspecified atom stereocenters. The van der Waals surface area contributed by atoms with Crippen molar-refractivity contribution in [1.29, 1.82) is 0 Å². The van der Waals surface area contributed by atoms with Crippen molar-refractivity contribution in [3.8, 4) is 0 Å². The Kier molecular flexibility index (Phi) is 5.13. The van der Waals surface area contributed by atoms with Crippen LogP contribution < -0.4 is 0 Å². The van der Waals surface area contributed by atoms with Crippen LogP contribution >= 0.6 is 0 Å². The van der Waals surface area contributed by atoms with Crippen LogP contribution in [0.2, 0.25) is 0 Å². The topological polar surface area (TPSA) is 77.3 Å². The fraction of sp³-hybridized carbons (Fsp3) is 0.500. The summed E-state index contributed by atoms with van der Waals surface area (Å²) < 4.78 is 9.40. The van der Waals surface area contributed by atoms with Crippen molar-refractivity contribution in [3.05, 3.63) is 0 Å². The number of ether oxygens (including phenoxy) is 2. The molecule has 0 aliphatic heterocycles. The van der Waals surface area contributed by atoms with Crippen molar-refractivity contribution >= 4 is 25.6 Å². The summed E-state index contributed by atoms with van der Waals surface area (Å²) in [4.78, 5) is 27.4. The average molecular weight is 200 g/mol. The molecule has 0 heterocycles. The smallest absolute Gasteiger partial charge is 0.433 e. The lowest BCUT2D eigenvalue weighted by atomic mass is 10.2. The maximum absolute atomic E-state index is 10.7. The van der Waals surface area contributed by atoms with Crippen molar-refractivity contribution in [2.75, 3.05) is 0 Å². The van der Waals surface area contributed by atoms with Gasteiger partial charge in [-0.25, -0.2) is 9.59 Å². The van der Waals surface area contributed by atoms with Gasteiger partial charge in [0, 0.05) is 0 Å². The van der Waals surface area contributed by atoms with E-state index in [1.165, 1.54) is 0 Å². The largest absolute Gasteiger partial charge is 0.441 e. The third kappa shape index (κ3) is 4.34. The first kappa shape index (κ1) is 12.3. The number of nitrogens with zero attached hydrogens (tertiary/aromatic N) is 2. The molecule has 0 saturated heterocycles. The van der Waals surface area contributed by atoms with Crippen molar-refractivity contribution in [1.82, 2.24) is 0 Å². The van der Waals surface area contributed by atoms with Gasteiger partial charge in [-0.2, -0.15) is 9.98 Å². The number of aliphatic imine (C=N–C) groups is 2. The molecule has 2 atom stereocenters. The minimum atomic E-state index is -0.813. The number of amides is 2. The molecule has 0 aromatic heterocycles. The first-order chi connectivity index (χ1) is 6.51. The fourth-order valence-electron chi connectivity index (χ4n) is 0.584. The molecule has 0 rings (SSSR count). The van der Waals surface area contributed by atoms with E-state index in [9.17, 15) is 9.59 Å². The molecule has 14 heavy (non-hydrogen) atoms. The predicted octanol–water partition coefficient (Wildman–Crippen LogP) is 1.44. The van der Waals surface area contributed by atoms with Gasteiger partial charge in [0.05, 0.1) is 0 Å². The lowest BCUT2D eigenvalue weighted by Gasteiger charge is -2.18. The van der Waals surface area contributed by atoms with E-state index in [-0.39, 0.29) is 0 Å². The molecule has 0 spiro atoms. The lowest BCUT2D eigenvalue weighted by Crippen LogP contribution is -2.29. The second kappa shape index (κ2) is 5.85. The van der Waals surface area contributed by atoms with Crippen LogP contribution in [-0.4, -0.2) is 37.8 Å². The third-order valence-electron chi connectivity index (χ3n) is 1.49. The monoisotopic (exact) mass is 200 g/mol. The highest BCUT2D eigenvalue weighted by atomic mass is 16.6. The average Bonchev–Trinajstić information content (AvgIpc) is 2.17. The Balaban J connectivity index is 4.04. The van der Waals surface area contributed by atoms with Gasteiger partial charge in [0.1, 0.15) is 12.2 Å². The van der Waals surface area contributed by atoms with Crippen molar-refractivity contribution in [2.24, 2.45) is 9.98 Å². The zero-order chi connectivity index (χ0) is 11.1. The highest BCUT2D eigenvalue weighted by molar-refractivity contribution is 5.74. The Morgan fingerprint density at radius 3 is 1.50 bits per heavy atom. The van der Waals surface area contributed by atoms with Gasteiger partial charge in [0.25, 0.3) is 0 Å². The van der Waals surface area contributed by atoms with Crippen molar-refractivity contribution in [2.45, 2.75) is 26.1 Å². The summed E-state index contributed by atoms with van der Waals surface area (Å²) in [5, 5.41) is 0. The molecule has 0 aromatic rings. The Bertz CT molecular complexity index is 226. The number of rotatable bonds is 3. The Labute approximate surface area is 81.6 Å². The Morgan fingerprint density at radius 1 is 1.00 bits per heavy atom. The van der Waals surface area contributed by atoms with Crippen LogP contribution in [0.3, 0.4) is 0 Å². The van der Waals surface area contributed by atoms with Crippen molar-refractivity contribution in [3.63, 3.8) is 0 Å². The summed E-state index contributed by atoms with van der Waals surface area (Å²) >= 11 is 0. The molecule has 0 radical (unpaired) electrons. The van der Waals surface area contributed by atoms with Gasteiger partial charge in [-0.05, 0) is 27.3 Å². The fourth-order valence-corrected chi connectivity index (χ4v) is 0.584. The molecular formula is C8H12N2O4. The lowest BCUT2D eigenvalue weighted by molar-refractivity contribution is 0.0151. The summed E-state index contributed by atoms with van der Waals surface area (Å²) in [7, 11) is 0. The van der Waals surface area contributed by atoms with Gasteiger partial charge < -0.3 is 9.47 Å². The van der Waals surface area contributed by atoms with E-state index in [4.69, 9.17) is 9.47 Å². The van der Waals surface area contributed by atoms with Gasteiger partial charge in [0.15, 0.2) is 0 Å². The van der Waals surface area contributed by atoms with Crippen LogP contribution in [0.15, 0.2) is 9.98 Å². The summed E-state index contributed by atoms with van der Waals surface area (Å²) in [6, 6.07) is 0. The molecule has 78 valence electrons. The molecule has 2 amide bonds. The Hall–Kier alpha value is -1.72. The van der Waals surface area contributed by atoms with E-state index >= 15 is 0 Å². The molecule has 0 aromatic carbocycles. The minimum Gasteiger partial charge on any atom is -0.441 e. The summed E-state index contributed by atoms with van der Waals surface area (Å²) in [6.45, 7) is 9.10. The van der Waals surface area contributed by atoms with Gasteiger partial charge in [-0.3, -0.25) is 0 Å². The van der Waals surface area contributed by atoms with Crippen LogP contribution in [-0.2, 0) is 9.47 Å². The van der Waals surface area contributed by atoms with Crippen LogP contribution in [0.4, 0.5) is 9.59 Å². The van der Waals surface area contributed by atoms with Crippen LogP contribution in [0.1, 0.15) is 13.8 Å². The van der Waals surface area contributed by atoms with E-state index in [0.29, 0.717) is 0 Å². The highest BCUT2D eigenvalue weighted by Crippen LogP contribution is 2.05. The maximum Gasteiger partial charge on any atom is 0.433 e. The van der Waals surface area contributed by atoms with E-state index in [2.05, 4.69) is 23.4 Å². The number of carbonyl (C=O) groups excluding carboxylic acids is 2. The van der Waals surface area contributed by atoms with Gasteiger partial charge in [-0.15, -0.1) is 0 Å². The molecule has 0 bridgehead atoms. The summed E-state index contributed by atoms with van der Waals surface area (Å²) in [6.07, 6.45) is -2.85. The standard InChI is InChI=1S/C8H12N2O4/c1-5(13-7(11)9-3)6(2)14-8(12)10-4/h5-6H,3-4H2,1-2H3. The molecule has 0 fully saturated rings. The minimum absolute atomic E-state index is 0.612. The van der Waals surface area contributed by atoms with Gasteiger partial charge in [-0.1, -0.05) is 0 Å². The van der Waals surface area contributed by atoms with E-state index < -0.39 is 24.4 Å². The predicted molar refractivity (Wildman–Crippen MR) is 51.0 cm³/mol. The number of hydrogen-bond donors (Lipinski definition) is 0. The number of hydrogen-bond acceptors (Lipinski definition) is 4. The second-order valence-electron chi connectivity index (χ2n) is 2.49. The molecular weight excluding hydrogens is 188 g/mol. The molecule has 0 saturated carbocycles. The highest BCUT2D eigenvalue weighted by Gasteiger charge is 2.19. The molecule has 6 heteroatoms. The quantitative estimate of drug-likeness (QED) is 0.646. The second-order valence-corrected chi connectivity index (χ2v) is 2.49. The Morgan fingerprint density at radius 2 is 1.29 bits per heavy atom. The van der Waals surface area contributed by atoms with Crippen LogP contribution in [0.25, 0.3) is 0 Å². The SMILES string of the molecule is C=NC(=O)OC(C)C(C)OC(=O)N=C. The first-order valence-electron chi connectivity index (χ1n) is 3.86. The van der Waals surface area contributed by atoms with E-state index in [1.54, 1.807) is 13.8 Å². The van der Waals surface area contributed by atoms with Gasteiger partial charge >= 0.3 is 12.2 Å². The molecule has 0 aliphatic carbocycles.